The summed E-state index contributed by atoms with van der Waals surface area (Å²) in [7, 11) is -4.48. The highest BCUT2D eigenvalue weighted by Gasteiger charge is 2.42. The van der Waals surface area contributed by atoms with E-state index in [1.54, 1.807) is 0 Å². The van der Waals surface area contributed by atoms with Gasteiger partial charge in [0.15, 0.2) is 0 Å². The van der Waals surface area contributed by atoms with Gasteiger partial charge in [0.25, 0.3) is 0 Å². The molecule has 5 heteroatoms. The van der Waals surface area contributed by atoms with Gasteiger partial charge in [-0.25, -0.2) is 4.57 Å². The summed E-state index contributed by atoms with van der Waals surface area (Å²) >= 11 is 0. The van der Waals surface area contributed by atoms with Crippen LogP contribution >= 0.6 is 7.82 Å². The highest BCUT2D eigenvalue weighted by molar-refractivity contribution is 7.46. The molecule has 0 aromatic heterocycles. The number of phosphoric ester groups is 1. The van der Waals surface area contributed by atoms with Gasteiger partial charge in [-0.15, -0.1) is 0 Å². The molecular weight excluding hydrogens is 311 g/mol. The molecule has 0 aliphatic carbocycles. The second-order valence-corrected chi connectivity index (χ2v) is 7.97. The normalized spacial score (nSPS) is 16.3. The molecule has 0 aromatic carbocycles. The summed E-state index contributed by atoms with van der Waals surface area (Å²) in [5, 5.41) is 0. The monoisotopic (exact) mass is 350 g/mol. The summed E-state index contributed by atoms with van der Waals surface area (Å²) < 4.78 is 17.2. The highest BCUT2D eigenvalue weighted by atomic mass is 31.2. The minimum absolute atomic E-state index is 0.225. The van der Waals surface area contributed by atoms with E-state index in [1.165, 1.54) is 6.42 Å². The molecule has 0 bridgehead atoms. The Hall–Kier alpha value is 0.110. The van der Waals surface area contributed by atoms with E-state index in [9.17, 15) is 14.4 Å². The van der Waals surface area contributed by atoms with Crippen LogP contribution in [0.3, 0.4) is 0 Å². The van der Waals surface area contributed by atoms with Gasteiger partial charge in [0.05, 0.1) is 5.60 Å². The van der Waals surface area contributed by atoms with Crippen molar-refractivity contribution in [2.24, 2.45) is 5.92 Å². The Balaban J connectivity index is 5.27. The summed E-state index contributed by atoms with van der Waals surface area (Å²) in [6.07, 6.45) is 12.0. The summed E-state index contributed by atoms with van der Waals surface area (Å²) in [6.45, 7) is 8.57. The Morgan fingerprint density at radius 2 is 1.43 bits per heavy atom. The molecule has 0 saturated carbocycles. The molecule has 140 valence electrons. The van der Waals surface area contributed by atoms with E-state index in [2.05, 4.69) is 27.7 Å². The van der Waals surface area contributed by atoms with Crippen LogP contribution in [0.4, 0.5) is 0 Å². The van der Waals surface area contributed by atoms with Gasteiger partial charge in [0.2, 0.25) is 0 Å². The third kappa shape index (κ3) is 9.86. The Morgan fingerprint density at radius 1 is 0.870 bits per heavy atom. The summed E-state index contributed by atoms with van der Waals surface area (Å²) in [6, 6.07) is 0. The van der Waals surface area contributed by atoms with Crippen molar-refractivity contribution in [3.8, 4) is 0 Å². The predicted octanol–water partition coefficient (Wildman–Crippen LogP) is 6.21. The van der Waals surface area contributed by atoms with Crippen LogP contribution in [0.15, 0.2) is 0 Å². The Kier molecular flexibility index (Phi) is 12.5. The summed E-state index contributed by atoms with van der Waals surface area (Å²) in [5.41, 5.74) is -0.660. The molecular formula is C18H39O4P. The quantitative estimate of drug-likeness (QED) is 0.272. The van der Waals surface area contributed by atoms with Gasteiger partial charge in [-0.05, 0) is 25.2 Å². The minimum atomic E-state index is -4.48. The fourth-order valence-electron chi connectivity index (χ4n) is 3.55. The first-order chi connectivity index (χ1) is 10.8. The van der Waals surface area contributed by atoms with Crippen molar-refractivity contribution in [1.82, 2.24) is 0 Å². The number of hydrogen-bond donors (Lipinski definition) is 2. The molecule has 0 amide bonds. The van der Waals surface area contributed by atoms with Gasteiger partial charge >= 0.3 is 7.82 Å². The van der Waals surface area contributed by atoms with Gasteiger partial charge in [-0.1, -0.05) is 85.5 Å². The summed E-state index contributed by atoms with van der Waals surface area (Å²) in [5.74, 6) is 0.225. The van der Waals surface area contributed by atoms with E-state index in [0.29, 0.717) is 0 Å². The molecule has 0 radical (unpaired) electrons. The number of hydrogen-bond acceptors (Lipinski definition) is 2. The summed E-state index contributed by atoms with van der Waals surface area (Å²) in [4.78, 5) is 19.0. The van der Waals surface area contributed by atoms with Crippen LogP contribution in [0.25, 0.3) is 0 Å². The molecule has 0 rings (SSSR count). The van der Waals surface area contributed by atoms with E-state index in [-0.39, 0.29) is 5.92 Å². The van der Waals surface area contributed by atoms with Crippen molar-refractivity contribution >= 4 is 7.82 Å². The first kappa shape index (κ1) is 23.1. The van der Waals surface area contributed by atoms with E-state index < -0.39 is 13.4 Å². The third-order valence-corrected chi connectivity index (χ3v) is 5.45. The maximum atomic E-state index is 11.7. The van der Waals surface area contributed by atoms with Crippen molar-refractivity contribution in [3.63, 3.8) is 0 Å². The molecule has 0 fully saturated rings. The average Bonchev–Trinajstić information content (AvgIpc) is 2.48. The van der Waals surface area contributed by atoms with E-state index in [0.717, 1.165) is 70.6 Å². The van der Waals surface area contributed by atoms with E-state index in [1.807, 2.05) is 0 Å². The van der Waals surface area contributed by atoms with Crippen LogP contribution in [0.1, 0.15) is 105 Å². The van der Waals surface area contributed by atoms with Crippen LogP contribution in [-0.2, 0) is 9.09 Å². The highest BCUT2D eigenvalue weighted by Crippen LogP contribution is 2.50. The van der Waals surface area contributed by atoms with Crippen LogP contribution in [0.2, 0.25) is 0 Å². The largest absolute Gasteiger partial charge is 0.470 e. The fraction of sp³-hybridized carbons (Fsp3) is 1.00. The van der Waals surface area contributed by atoms with Crippen molar-refractivity contribution in [3.05, 3.63) is 0 Å². The molecule has 0 aliphatic rings. The lowest BCUT2D eigenvalue weighted by molar-refractivity contribution is -0.0390. The molecule has 0 spiro atoms. The Bertz CT molecular complexity index is 329. The van der Waals surface area contributed by atoms with Crippen molar-refractivity contribution in [2.75, 3.05) is 0 Å². The molecule has 2 atom stereocenters. The molecule has 0 aromatic rings. The zero-order chi connectivity index (χ0) is 17.8. The second-order valence-electron chi connectivity index (χ2n) is 6.81. The first-order valence-electron chi connectivity index (χ1n) is 9.61. The van der Waals surface area contributed by atoms with Crippen molar-refractivity contribution in [1.29, 1.82) is 0 Å². The van der Waals surface area contributed by atoms with Crippen molar-refractivity contribution in [2.45, 2.75) is 110 Å². The van der Waals surface area contributed by atoms with Crippen LogP contribution in [0, 0.1) is 5.92 Å². The number of rotatable bonds is 15. The zero-order valence-corrected chi connectivity index (χ0v) is 16.6. The molecule has 0 aliphatic heterocycles. The van der Waals surface area contributed by atoms with Crippen molar-refractivity contribution < 1.29 is 18.9 Å². The maximum Gasteiger partial charge on any atom is 0.470 e. The Morgan fingerprint density at radius 3 is 1.91 bits per heavy atom. The van der Waals surface area contributed by atoms with E-state index >= 15 is 0 Å². The molecule has 4 nitrogen and oxygen atoms in total. The first-order valence-corrected chi connectivity index (χ1v) is 11.1. The van der Waals surface area contributed by atoms with Gasteiger partial charge in [0, 0.05) is 0 Å². The molecule has 0 heterocycles. The zero-order valence-electron chi connectivity index (χ0n) is 15.7. The molecule has 2 N–H and O–H groups in total. The third-order valence-electron chi connectivity index (χ3n) is 4.85. The number of phosphoric acid groups is 1. The molecule has 23 heavy (non-hydrogen) atoms. The van der Waals surface area contributed by atoms with E-state index in [4.69, 9.17) is 4.52 Å². The standard InChI is InChI=1S/C18H39O4P/c1-5-9-12-13-16-18(15-11-7-3,22-23(19,20)21)17(8-4)14-10-6-2/h17H,5-16H2,1-4H3,(H2,19,20,21). The SMILES string of the molecule is CCCCCCC(CCCC)(OP(=O)(O)O)C(CC)CCCC. The lowest BCUT2D eigenvalue weighted by Crippen LogP contribution is -2.40. The number of unbranched alkanes of at least 4 members (excludes halogenated alkanes) is 5. The van der Waals surface area contributed by atoms with Gasteiger partial charge in [-0.2, -0.15) is 0 Å². The average molecular weight is 350 g/mol. The van der Waals surface area contributed by atoms with Gasteiger partial charge in [0.1, 0.15) is 0 Å². The topological polar surface area (TPSA) is 66.8 Å². The lowest BCUT2D eigenvalue weighted by atomic mass is 9.75. The van der Waals surface area contributed by atoms with Crippen LogP contribution < -0.4 is 0 Å². The lowest BCUT2D eigenvalue weighted by Gasteiger charge is -2.41. The smallest absolute Gasteiger partial charge is 0.303 e. The fourth-order valence-corrected chi connectivity index (χ4v) is 4.36. The van der Waals surface area contributed by atoms with Crippen LogP contribution in [0.5, 0.6) is 0 Å². The molecule has 0 saturated heterocycles. The molecule has 2 unspecified atom stereocenters. The maximum absolute atomic E-state index is 11.7. The van der Waals surface area contributed by atoms with Gasteiger partial charge in [-0.3, -0.25) is 4.52 Å². The second kappa shape index (κ2) is 12.5. The van der Waals surface area contributed by atoms with Gasteiger partial charge < -0.3 is 9.79 Å². The van der Waals surface area contributed by atoms with Crippen LogP contribution in [-0.4, -0.2) is 15.4 Å². The minimum Gasteiger partial charge on any atom is -0.303 e. The Labute approximate surface area is 143 Å². The predicted molar refractivity (Wildman–Crippen MR) is 97.5 cm³/mol.